The number of likely N-dealkylation sites (N-methyl/N-ethyl adjacent to an activating group) is 1. The van der Waals surface area contributed by atoms with E-state index in [4.69, 9.17) is 4.74 Å². The number of nitrogens with zero attached hydrogens (tertiary/aromatic N) is 1. The molecule has 0 spiro atoms. The van der Waals surface area contributed by atoms with Crippen LogP contribution in [0.2, 0.25) is 0 Å². The number of carbonyl (C=O) groups excluding carboxylic acids is 2. The molecule has 0 aliphatic carbocycles. The van der Waals surface area contributed by atoms with Crippen LogP contribution >= 0.6 is 0 Å². The Balaban J connectivity index is 2.45. The number of ether oxygens (including phenoxy) is 1. The summed E-state index contributed by atoms with van der Waals surface area (Å²) in [6.45, 7) is 2.37. The molecule has 0 radical (unpaired) electrons. The van der Waals surface area contributed by atoms with Crippen molar-refractivity contribution in [1.29, 1.82) is 0 Å². The average molecular weight is 279 g/mol. The molecule has 0 aromatic heterocycles. The van der Waals surface area contributed by atoms with E-state index in [9.17, 15) is 14.0 Å². The first-order valence-corrected chi connectivity index (χ1v) is 6.37. The van der Waals surface area contributed by atoms with Gasteiger partial charge in [-0.25, -0.2) is 4.39 Å². The van der Waals surface area contributed by atoms with Crippen LogP contribution < -0.4 is 0 Å². The molecule has 0 heterocycles. The molecule has 1 aromatic carbocycles. The Morgan fingerprint density at radius 1 is 1.30 bits per heavy atom. The quantitative estimate of drug-likeness (QED) is 0.592. The van der Waals surface area contributed by atoms with Gasteiger partial charge in [-0.05, 0) is 30.7 Å². The van der Waals surface area contributed by atoms with Gasteiger partial charge >= 0.3 is 5.97 Å². The molecule has 0 fully saturated rings. The molecule has 4 nitrogen and oxygen atoms in total. The number of carbonyl (C=O) groups is 2. The van der Waals surface area contributed by atoms with Crippen molar-refractivity contribution >= 4 is 18.0 Å². The van der Waals surface area contributed by atoms with E-state index in [0.717, 1.165) is 5.56 Å². The Morgan fingerprint density at radius 3 is 2.55 bits per heavy atom. The van der Waals surface area contributed by atoms with Crippen molar-refractivity contribution in [2.75, 3.05) is 20.2 Å². The van der Waals surface area contributed by atoms with E-state index >= 15 is 0 Å². The van der Waals surface area contributed by atoms with Gasteiger partial charge in [0.15, 0.2) is 0 Å². The Labute approximate surface area is 117 Å². The second-order valence-corrected chi connectivity index (χ2v) is 4.20. The predicted molar refractivity (Wildman–Crippen MR) is 74.3 cm³/mol. The van der Waals surface area contributed by atoms with Crippen LogP contribution in [0, 0.1) is 5.82 Å². The van der Waals surface area contributed by atoms with Gasteiger partial charge in [-0.3, -0.25) is 9.59 Å². The van der Waals surface area contributed by atoms with Gasteiger partial charge in [-0.1, -0.05) is 12.1 Å². The van der Waals surface area contributed by atoms with Gasteiger partial charge in [-0.2, -0.15) is 0 Å². The van der Waals surface area contributed by atoms with Crippen LogP contribution in [-0.2, 0) is 14.3 Å². The fourth-order valence-corrected chi connectivity index (χ4v) is 1.47. The highest BCUT2D eigenvalue weighted by atomic mass is 19.1. The molecule has 1 rings (SSSR count). The summed E-state index contributed by atoms with van der Waals surface area (Å²) < 4.78 is 17.5. The van der Waals surface area contributed by atoms with E-state index in [-0.39, 0.29) is 24.1 Å². The summed E-state index contributed by atoms with van der Waals surface area (Å²) in [7, 11) is 1.61. The van der Waals surface area contributed by atoms with Crippen molar-refractivity contribution in [2.24, 2.45) is 0 Å². The highest BCUT2D eigenvalue weighted by Gasteiger charge is 2.08. The number of rotatable bonds is 6. The molecular formula is C15H18FNO3. The van der Waals surface area contributed by atoms with Gasteiger partial charge < -0.3 is 9.64 Å². The number of amides is 1. The maximum Gasteiger partial charge on any atom is 0.307 e. The van der Waals surface area contributed by atoms with Crippen molar-refractivity contribution < 1.29 is 18.7 Å². The summed E-state index contributed by atoms with van der Waals surface area (Å²) >= 11 is 0. The number of benzene rings is 1. The fraction of sp³-hybridized carbons (Fsp3) is 0.333. The minimum absolute atomic E-state index is 0.167. The number of esters is 1. The number of halogens is 1. The van der Waals surface area contributed by atoms with Crippen molar-refractivity contribution in [3.05, 3.63) is 41.7 Å². The molecule has 5 heteroatoms. The standard InChI is InChI=1S/C15H18FNO3/c1-3-20-15(19)10-11-17(2)14(18)9-6-12-4-7-13(16)8-5-12/h4-9H,3,10-11H2,1-2H3/b9-6+. The van der Waals surface area contributed by atoms with E-state index in [1.165, 1.54) is 23.1 Å². The number of hydrogen-bond acceptors (Lipinski definition) is 3. The maximum absolute atomic E-state index is 12.7. The molecule has 0 saturated carbocycles. The monoisotopic (exact) mass is 279 g/mol. The molecule has 0 bridgehead atoms. The third kappa shape index (κ3) is 5.65. The van der Waals surface area contributed by atoms with Crippen LogP contribution in [0.1, 0.15) is 18.9 Å². The summed E-state index contributed by atoms with van der Waals surface area (Å²) in [5.74, 6) is -0.867. The zero-order valence-corrected chi connectivity index (χ0v) is 11.6. The Bertz CT molecular complexity index is 482. The molecule has 0 saturated heterocycles. The Morgan fingerprint density at radius 2 is 1.95 bits per heavy atom. The van der Waals surface area contributed by atoms with Crippen LogP contribution in [0.15, 0.2) is 30.3 Å². The van der Waals surface area contributed by atoms with Gasteiger partial charge in [0, 0.05) is 19.7 Å². The summed E-state index contributed by atoms with van der Waals surface area (Å²) in [4.78, 5) is 24.4. The summed E-state index contributed by atoms with van der Waals surface area (Å²) in [5, 5.41) is 0. The van der Waals surface area contributed by atoms with Gasteiger partial charge in [0.25, 0.3) is 0 Å². The normalized spacial score (nSPS) is 10.6. The molecule has 0 unspecified atom stereocenters. The minimum Gasteiger partial charge on any atom is -0.466 e. The van der Waals surface area contributed by atoms with Crippen LogP contribution in [0.4, 0.5) is 4.39 Å². The average Bonchev–Trinajstić information content (AvgIpc) is 2.44. The first-order valence-electron chi connectivity index (χ1n) is 6.37. The zero-order valence-electron chi connectivity index (χ0n) is 11.6. The van der Waals surface area contributed by atoms with Crippen molar-refractivity contribution in [3.63, 3.8) is 0 Å². The summed E-state index contributed by atoms with van der Waals surface area (Å²) in [5.41, 5.74) is 0.735. The lowest BCUT2D eigenvalue weighted by Gasteiger charge is -2.14. The second-order valence-electron chi connectivity index (χ2n) is 4.20. The minimum atomic E-state index is -0.324. The summed E-state index contributed by atoms with van der Waals surface area (Å²) in [6.07, 6.45) is 3.15. The first-order chi connectivity index (χ1) is 9.52. The smallest absolute Gasteiger partial charge is 0.307 e. The highest BCUT2D eigenvalue weighted by Crippen LogP contribution is 2.05. The van der Waals surface area contributed by atoms with Crippen LogP contribution in [0.3, 0.4) is 0 Å². The highest BCUT2D eigenvalue weighted by molar-refractivity contribution is 5.91. The molecule has 1 aromatic rings. The Kier molecular flexibility index (Phi) is 6.43. The lowest BCUT2D eigenvalue weighted by atomic mass is 10.2. The van der Waals surface area contributed by atoms with Crippen molar-refractivity contribution in [2.45, 2.75) is 13.3 Å². The number of hydrogen-bond donors (Lipinski definition) is 0. The molecule has 0 aliphatic rings. The molecule has 108 valence electrons. The summed E-state index contributed by atoms with van der Waals surface area (Å²) in [6, 6.07) is 5.82. The maximum atomic E-state index is 12.7. The van der Waals surface area contributed by atoms with E-state index < -0.39 is 0 Å². The lowest BCUT2D eigenvalue weighted by molar-refractivity contribution is -0.143. The van der Waals surface area contributed by atoms with E-state index in [0.29, 0.717) is 13.2 Å². The van der Waals surface area contributed by atoms with E-state index in [2.05, 4.69) is 0 Å². The Hall–Kier alpha value is -2.17. The van der Waals surface area contributed by atoms with E-state index in [1.807, 2.05) is 0 Å². The third-order valence-corrected chi connectivity index (χ3v) is 2.62. The van der Waals surface area contributed by atoms with Crippen LogP contribution in [0.25, 0.3) is 6.08 Å². The lowest BCUT2D eigenvalue weighted by Crippen LogP contribution is -2.27. The van der Waals surface area contributed by atoms with Gasteiger partial charge in [0.1, 0.15) is 5.82 Å². The van der Waals surface area contributed by atoms with Crippen molar-refractivity contribution in [3.8, 4) is 0 Å². The van der Waals surface area contributed by atoms with Gasteiger partial charge in [-0.15, -0.1) is 0 Å². The van der Waals surface area contributed by atoms with Gasteiger partial charge in [0.2, 0.25) is 5.91 Å². The molecule has 20 heavy (non-hydrogen) atoms. The van der Waals surface area contributed by atoms with Gasteiger partial charge in [0.05, 0.1) is 13.0 Å². The predicted octanol–water partition coefficient (Wildman–Crippen LogP) is 2.25. The SMILES string of the molecule is CCOC(=O)CCN(C)C(=O)/C=C/c1ccc(F)cc1. The first kappa shape index (κ1) is 15.9. The van der Waals surface area contributed by atoms with E-state index in [1.54, 1.807) is 32.2 Å². The second kappa shape index (κ2) is 8.09. The third-order valence-electron chi connectivity index (χ3n) is 2.62. The molecular weight excluding hydrogens is 261 g/mol. The largest absolute Gasteiger partial charge is 0.466 e. The van der Waals surface area contributed by atoms with Crippen molar-refractivity contribution in [1.82, 2.24) is 4.90 Å². The van der Waals surface area contributed by atoms with Crippen LogP contribution in [-0.4, -0.2) is 37.0 Å². The molecule has 1 amide bonds. The molecule has 0 N–H and O–H groups in total. The molecule has 0 atom stereocenters. The fourth-order valence-electron chi connectivity index (χ4n) is 1.47. The van der Waals surface area contributed by atoms with Crippen LogP contribution in [0.5, 0.6) is 0 Å². The topological polar surface area (TPSA) is 46.6 Å². The molecule has 0 aliphatic heterocycles. The zero-order chi connectivity index (χ0) is 15.0.